The Hall–Kier alpha value is -3.04. The Balaban J connectivity index is 1.54. The van der Waals surface area contributed by atoms with Gasteiger partial charge in [-0.1, -0.05) is 28.1 Å². The van der Waals surface area contributed by atoms with Gasteiger partial charge in [0.05, 0.1) is 18.2 Å². The van der Waals surface area contributed by atoms with Crippen molar-refractivity contribution in [3.8, 4) is 23.1 Å². The molecule has 0 saturated carbocycles. The summed E-state index contributed by atoms with van der Waals surface area (Å²) in [6.45, 7) is 1.94. The molecule has 0 aliphatic heterocycles. The molecule has 3 aromatic rings. The van der Waals surface area contributed by atoms with E-state index in [1.807, 2.05) is 42.5 Å². The van der Waals surface area contributed by atoms with Gasteiger partial charge < -0.3 is 14.5 Å². The van der Waals surface area contributed by atoms with E-state index in [1.165, 1.54) is 0 Å². The molecule has 2 aromatic carbocycles. The highest BCUT2D eigenvalue weighted by Gasteiger charge is 2.15. The fourth-order valence-corrected chi connectivity index (χ4v) is 2.69. The first kappa shape index (κ1) is 18.7. The number of nitrogens with one attached hydrogen (secondary N) is 1. The third kappa shape index (κ3) is 4.99. The summed E-state index contributed by atoms with van der Waals surface area (Å²) in [6.07, 6.45) is -0.668. The second-order valence-electron chi connectivity index (χ2n) is 5.89. The second-order valence-corrected chi connectivity index (χ2v) is 6.80. The molecular formula is C21H17BrN2O3. The minimum atomic E-state index is -0.668. The number of carbonyl (C=O) groups excluding carboxylic acids is 1. The van der Waals surface area contributed by atoms with Crippen molar-refractivity contribution in [2.45, 2.75) is 19.6 Å². The number of benzene rings is 2. The fourth-order valence-electron chi connectivity index (χ4n) is 2.43. The van der Waals surface area contributed by atoms with Crippen molar-refractivity contribution in [3.63, 3.8) is 0 Å². The number of amides is 1. The Kier molecular flexibility index (Phi) is 5.94. The highest BCUT2D eigenvalue weighted by atomic mass is 79.9. The molecule has 0 aliphatic carbocycles. The van der Waals surface area contributed by atoms with Crippen LogP contribution in [0.5, 0.6) is 5.75 Å². The standard InChI is InChI=1S/C21H17BrN2O3/c1-14(26-18-8-2-15(12-23)3-9-18)21(25)24-13-19-10-11-20(27-19)16-4-6-17(22)7-5-16/h2-11,14H,13H2,1H3,(H,24,25). The average Bonchev–Trinajstić information content (AvgIpc) is 3.16. The van der Waals surface area contributed by atoms with E-state index in [9.17, 15) is 4.79 Å². The van der Waals surface area contributed by atoms with Crippen molar-refractivity contribution in [1.82, 2.24) is 5.32 Å². The van der Waals surface area contributed by atoms with Crippen LogP contribution in [0.15, 0.2) is 69.6 Å². The quantitative estimate of drug-likeness (QED) is 0.623. The summed E-state index contributed by atoms with van der Waals surface area (Å²) in [5, 5.41) is 11.6. The van der Waals surface area contributed by atoms with E-state index in [0.717, 1.165) is 15.8 Å². The van der Waals surface area contributed by atoms with Crippen LogP contribution in [0.25, 0.3) is 11.3 Å². The third-order valence-electron chi connectivity index (χ3n) is 3.89. The van der Waals surface area contributed by atoms with Crippen molar-refractivity contribution in [2.24, 2.45) is 0 Å². The molecule has 1 unspecified atom stereocenters. The van der Waals surface area contributed by atoms with Crippen LogP contribution in [0, 0.1) is 11.3 Å². The number of hydrogen-bond acceptors (Lipinski definition) is 4. The number of hydrogen-bond donors (Lipinski definition) is 1. The van der Waals surface area contributed by atoms with E-state index in [-0.39, 0.29) is 12.5 Å². The van der Waals surface area contributed by atoms with Crippen LogP contribution >= 0.6 is 15.9 Å². The Bertz CT molecular complexity index is 956. The summed E-state index contributed by atoms with van der Waals surface area (Å²) in [5.41, 5.74) is 1.51. The lowest BCUT2D eigenvalue weighted by atomic mass is 10.2. The average molecular weight is 425 g/mol. The predicted molar refractivity (Wildman–Crippen MR) is 105 cm³/mol. The van der Waals surface area contributed by atoms with E-state index in [1.54, 1.807) is 31.2 Å². The van der Waals surface area contributed by atoms with Gasteiger partial charge in [0.15, 0.2) is 6.10 Å². The molecule has 0 radical (unpaired) electrons. The predicted octanol–water partition coefficient (Wildman–Crippen LogP) is 4.66. The lowest BCUT2D eigenvalue weighted by Gasteiger charge is -2.14. The third-order valence-corrected chi connectivity index (χ3v) is 4.42. The first-order valence-electron chi connectivity index (χ1n) is 8.34. The lowest BCUT2D eigenvalue weighted by Crippen LogP contribution is -2.35. The van der Waals surface area contributed by atoms with Gasteiger partial charge in [0.2, 0.25) is 0 Å². The molecular weight excluding hydrogens is 408 g/mol. The Morgan fingerprint density at radius 1 is 1.15 bits per heavy atom. The van der Waals surface area contributed by atoms with Crippen molar-refractivity contribution >= 4 is 21.8 Å². The van der Waals surface area contributed by atoms with E-state index in [4.69, 9.17) is 14.4 Å². The van der Waals surface area contributed by atoms with Crippen LogP contribution in [0.2, 0.25) is 0 Å². The zero-order valence-electron chi connectivity index (χ0n) is 14.6. The number of nitrogens with zero attached hydrogens (tertiary/aromatic N) is 1. The van der Waals surface area contributed by atoms with Gasteiger partial charge in [-0.3, -0.25) is 4.79 Å². The van der Waals surface area contributed by atoms with Crippen LogP contribution in [0.3, 0.4) is 0 Å². The second kappa shape index (κ2) is 8.56. The van der Waals surface area contributed by atoms with E-state index in [2.05, 4.69) is 21.2 Å². The van der Waals surface area contributed by atoms with Gasteiger partial charge in [-0.05, 0) is 55.5 Å². The van der Waals surface area contributed by atoms with Gasteiger partial charge in [-0.15, -0.1) is 0 Å². The molecule has 3 rings (SSSR count). The van der Waals surface area contributed by atoms with Crippen molar-refractivity contribution in [1.29, 1.82) is 5.26 Å². The monoisotopic (exact) mass is 424 g/mol. The first-order valence-corrected chi connectivity index (χ1v) is 9.13. The summed E-state index contributed by atoms with van der Waals surface area (Å²) >= 11 is 3.40. The SMILES string of the molecule is CC(Oc1ccc(C#N)cc1)C(=O)NCc1ccc(-c2ccc(Br)cc2)o1. The number of nitriles is 1. The van der Waals surface area contributed by atoms with Crippen molar-refractivity contribution in [2.75, 3.05) is 0 Å². The zero-order chi connectivity index (χ0) is 19.2. The Morgan fingerprint density at radius 2 is 1.85 bits per heavy atom. The topological polar surface area (TPSA) is 75.3 Å². The normalized spacial score (nSPS) is 11.4. The minimum Gasteiger partial charge on any atom is -0.481 e. The minimum absolute atomic E-state index is 0.249. The van der Waals surface area contributed by atoms with E-state index < -0.39 is 6.10 Å². The summed E-state index contributed by atoms with van der Waals surface area (Å²) < 4.78 is 12.4. The number of rotatable bonds is 6. The Labute approximate surface area is 165 Å². The molecule has 1 atom stereocenters. The van der Waals surface area contributed by atoms with Gasteiger partial charge in [-0.25, -0.2) is 0 Å². The van der Waals surface area contributed by atoms with Crippen molar-refractivity contribution < 1.29 is 13.9 Å². The van der Waals surface area contributed by atoms with Gasteiger partial charge in [0.25, 0.3) is 5.91 Å². The molecule has 1 heterocycles. The maximum atomic E-state index is 12.2. The molecule has 1 N–H and O–H groups in total. The summed E-state index contributed by atoms with van der Waals surface area (Å²) in [4.78, 5) is 12.2. The van der Waals surface area contributed by atoms with Crippen LogP contribution in [0.4, 0.5) is 0 Å². The van der Waals surface area contributed by atoms with Crippen molar-refractivity contribution in [3.05, 3.63) is 76.5 Å². The molecule has 1 amide bonds. The summed E-state index contributed by atoms with van der Waals surface area (Å²) in [5.74, 6) is 1.69. The molecule has 5 nitrogen and oxygen atoms in total. The summed E-state index contributed by atoms with van der Waals surface area (Å²) in [6, 6.07) is 20.2. The molecule has 0 aliphatic rings. The number of carbonyl (C=O) groups is 1. The van der Waals surface area contributed by atoms with E-state index >= 15 is 0 Å². The number of halogens is 1. The first-order chi connectivity index (χ1) is 13.0. The van der Waals surface area contributed by atoms with Crippen LogP contribution in [-0.4, -0.2) is 12.0 Å². The molecule has 6 heteroatoms. The Morgan fingerprint density at radius 3 is 2.52 bits per heavy atom. The van der Waals surface area contributed by atoms with Gasteiger partial charge in [0.1, 0.15) is 17.3 Å². The number of furan rings is 1. The number of ether oxygens (including phenoxy) is 1. The van der Waals surface area contributed by atoms with Gasteiger partial charge in [-0.2, -0.15) is 5.26 Å². The maximum absolute atomic E-state index is 12.2. The molecule has 136 valence electrons. The largest absolute Gasteiger partial charge is 0.481 e. The molecule has 27 heavy (non-hydrogen) atoms. The van der Waals surface area contributed by atoms with Crippen LogP contribution in [0.1, 0.15) is 18.2 Å². The van der Waals surface area contributed by atoms with Crippen LogP contribution in [-0.2, 0) is 11.3 Å². The molecule has 1 aromatic heterocycles. The highest BCUT2D eigenvalue weighted by Crippen LogP contribution is 2.24. The summed E-state index contributed by atoms with van der Waals surface area (Å²) in [7, 11) is 0. The molecule has 0 saturated heterocycles. The fraction of sp³-hybridized carbons (Fsp3) is 0.143. The molecule has 0 spiro atoms. The molecule has 0 fully saturated rings. The molecule has 0 bridgehead atoms. The smallest absolute Gasteiger partial charge is 0.261 e. The highest BCUT2D eigenvalue weighted by molar-refractivity contribution is 9.10. The van der Waals surface area contributed by atoms with Gasteiger partial charge in [0, 0.05) is 10.0 Å². The zero-order valence-corrected chi connectivity index (χ0v) is 16.2. The lowest BCUT2D eigenvalue weighted by molar-refractivity contribution is -0.127. The van der Waals surface area contributed by atoms with E-state index in [0.29, 0.717) is 17.1 Å². The van der Waals surface area contributed by atoms with Gasteiger partial charge >= 0.3 is 0 Å². The van der Waals surface area contributed by atoms with Crippen LogP contribution < -0.4 is 10.1 Å². The maximum Gasteiger partial charge on any atom is 0.261 e.